The summed E-state index contributed by atoms with van der Waals surface area (Å²) in [4.78, 5) is 25.5. The molecule has 3 rings (SSSR count). The van der Waals surface area contributed by atoms with Crippen molar-refractivity contribution in [3.05, 3.63) is 69.1 Å². The minimum absolute atomic E-state index is 0.0170. The standard InChI is InChI=1S/C20H21N3O4S/c1-22(2)8-9-27-17-5-3-4-14(10-17)13-21-20(24)19-12-15-11-16(23(25)26)6-7-18(15)28-19/h3-7,10-12H,8-9,13H2,1-2H3,(H,21,24). The number of ether oxygens (including phenoxy) is 1. The van der Waals surface area contributed by atoms with Gasteiger partial charge in [-0.05, 0) is 43.9 Å². The smallest absolute Gasteiger partial charge is 0.270 e. The molecule has 0 unspecified atom stereocenters. The summed E-state index contributed by atoms with van der Waals surface area (Å²) in [5, 5.41) is 14.5. The molecule has 1 heterocycles. The van der Waals surface area contributed by atoms with Gasteiger partial charge in [0.15, 0.2) is 0 Å². The van der Waals surface area contributed by atoms with Crippen molar-refractivity contribution in [1.82, 2.24) is 10.2 Å². The number of nitro groups is 1. The molecule has 146 valence electrons. The first kappa shape index (κ1) is 19.8. The van der Waals surface area contributed by atoms with Crippen LogP contribution in [0, 0.1) is 10.1 Å². The Hall–Kier alpha value is -2.97. The Bertz CT molecular complexity index is 1000. The lowest BCUT2D eigenvalue weighted by Gasteiger charge is -2.12. The molecule has 1 aromatic heterocycles. The number of amides is 1. The van der Waals surface area contributed by atoms with E-state index in [9.17, 15) is 14.9 Å². The fraction of sp³-hybridized carbons (Fsp3) is 0.250. The van der Waals surface area contributed by atoms with E-state index in [0.29, 0.717) is 23.4 Å². The van der Waals surface area contributed by atoms with Gasteiger partial charge in [0, 0.05) is 35.3 Å². The molecule has 1 N–H and O–H groups in total. The highest BCUT2D eigenvalue weighted by atomic mass is 32.1. The summed E-state index contributed by atoms with van der Waals surface area (Å²) in [7, 11) is 3.98. The van der Waals surface area contributed by atoms with E-state index in [-0.39, 0.29) is 11.6 Å². The highest BCUT2D eigenvalue weighted by molar-refractivity contribution is 7.20. The lowest BCUT2D eigenvalue weighted by atomic mass is 10.2. The van der Waals surface area contributed by atoms with Gasteiger partial charge in [0.1, 0.15) is 12.4 Å². The van der Waals surface area contributed by atoms with Crippen LogP contribution in [-0.4, -0.2) is 43.0 Å². The zero-order chi connectivity index (χ0) is 20.1. The summed E-state index contributed by atoms with van der Waals surface area (Å²) in [6, 6.07) is 13.9. The number of non-ortho nitro benzene ring substituents is 1. The molecule has 0 spiro atoms. The summed E-state index contributed by atoms with van der Waals surface area (Å²) in [6.07, 6.45) is 0. The molecule has 0 aliphatic carbocycles. The van der Waals surface area contributed by atoms with Crippen molar-refractivity contribution in [3.63, 3.8) is 0 Å². The molecule has 0 saturated heterocycles. The van der Waals surface area contributed by atoms with Crippen LogP contribution in [0.5, 0.6) is 5.75 Å². The van der Waals surface area contributed by atoms with E-state index in [0.717, 1.165) is 22.6 Å². The predicted molar refractivity (Wildman–Crippen MR) is 110 cm³/mol. The van der Waals surface area contributed by atoms with Crippen molar-refractivity contribution in [3.8, 4) is 5.75 Å². The van der Waals surface area contributed by atoms with E-state index in [1.54, 1.807) is 12.1 Å². The summed E-state index contributed by atoms with van der Waals surface area (Å²) < 4.78 is 6.55. The molecule has 8 heteroatoms. The van der Waals surface area contributed by atoms with Crippen LogP contribution in [0.3, 0.4) is 0 Å². The molecule has 28 heavy (non-hydrogen) atoms. The summed E-state index contributed by atoms with van der Waals surface area (Å²) in [5.41, 5.74) is 0.954. The molecular formula is C20H21N3O4S. The molecule has 2 aromatic carbocycles. The van der Waals surface area contributed by atoms with E-state index < -0.39 is 4.92 Å². The molecule has 3 aromatic rings. The van der Waals surface area contributed by atoms with Crippen LogP contribution < -0.4 is 10.1 Å². The van der Waals surface area contributed by atoms with Gasteiger partial charge in [0.05, 0.1) is 9.80 Å². The van der Waals surface area contributed by atoms with Crippen molar-refractivity contribution >= 4 is 33.0 Å². The van der Waals surface area contributed by atoms with Crippen molar-refractivity contribution in [2.45, 2.75) is 6.54 Å². The van der Waals surface area contributed by atoms with Gasteiger partial charge in [-0.25, -0.2) is 0 Å². The van der Waals surface area contributed by atoms with Crippen LogP contribution in [0.25, 0.3) is 10.1 Å². The Labute approximate surface area is 166 Å². The lowest BCUT2D eigenvalue weighted by Crippen LogP contribution is -2.22. The van der Waals surface area contributed by atoms with E-state index in [1.807, 2.05) is 43.3 Å². The van der Waals surface area contributed by atoms with Crippen LogP contribution in [0.2, 0.25) is 0 Å². The summed E-state index contributed by atoms with van der Waals surface area (Å²) in [6.45, 7) is 1.79. The SMILES string of the molecule is CN(C)CCOc1cccc(CNC(=O)c2cc3cc([N+](=O)[O-])ccc3s2)c1. The number of carbonyl (C=O) groups excluding carboxylic acids is 1. The van der Waals surface area contributed by atoms with Gasteiger partial charge in [0.2, 0.25) is 0 Å². The molecule has 7 nitrogen and oxygen atoms in total. The largest absolute Gasteiger partial charge is 0.492 e. The van der Waals surface area contributed by atoms with Gasteiger partial charge in [-0.1, -0.05) is 12.1 Å². The second-order valence-electron chi connectivity index (χ2n) is 6.57. The Morgan fingerprint density at radius 1 is 1.21 bits per heavy atom. The Kier molecular flexibility index (Phi) is 6.23. The van der Waals surface area contributed by atoms with Gasteiger partial charge in [-0.3, -0.25) is 14.9 Å². The maximum atomic E-state index is 12.5. The number of likely N-dealkylation sites (N-methyl/N-ethyl adjacent to an activating group) is 1. The van der Waals surface area contributed by atoms with Gasteiger partial charge >= 0.3 is 0 Å². The molecular weight excluding hydrogens is 378 g/mol. The topological polar surface area (TPSA) is 84.7 Å². The maximum Gasteiger partial charge on any atom is 0.270 e. The van der Waals surface area contributed by atoms with Crippen LogP contribution in [0.15, 0.2) is 48.5 Å². The number of nitro benzene ring substituents is 1. The number of hydrogen-bond acceptors (Lipinski definition) is 6. The molecule has 0 aliphatic rings. The normalized spacial score (nSPS) is 11.0. The van der Waals surface area contributed by atoms with Crippen molar-refractivity contribution in [1.29, 1.82) is 0 Å². The Morgan fingerprint density at radius 2 is 2.04 bits per heavy atom. The molecule has 0 fully saturated rings. The van der Waals surface area contributed by atoms with Crippen LogP contribution in [0.1, 0.15) is 15.2 Å². The first-order valence-corrected chi connectivity index (χ1v) is 9.56. The number of benzene rings is 2. The number of carbonyl (C=O) groups is 1. The lowest BCUT2D eigenvalue weighted by molar-refractivity contribution is -0.384. The van der Waals surface area contributed by atoms with Crippen molar-refractivity contribution < 1.29 is 14.5 Å². The highest BCUT2D eigenvalue weighted by Gasteiger charge is 2.13. The van der Waals surface area contributed by atoms with Crippen LogP contribution in [-0.2, 0) is 6.54 Å². The third-order valence-corrected chi connectivity index (χ3v) is 5.21. The monoisotopic (exact) mass is 399 g/mol. The van der Waals surface area contributed by atoms with Gasteiger partial charge in [-0.15, -0.1) is 11.3 Å². The minimum Gasteiger partial charge on any atom is -0.492 e. The van der Waals surface area contributed by atoms with E-state index >= 15 is 0 Å². The Balaban J connectivity index is 1.62. The van der Waals surface area contributed by atoms with Crippen molar-refractivity contribution in [2.75, 3.05) is 27.2 Å². The van der Waals surface area contributed by atoms with Crippen molar-refractivity contribution in [2.24, 2.45) is 0 Å². The van der Waals surface area contributed by atoms with Gasteiger partial charge in [0.25, 0.3) is 11.6 Å². The Morgan fingerprint density at radius 3 is 2.79 bits per heavy atom. The average molecular weight is 399 g/mol. The van der Waals surface area contributed by atoms with E-state index in [1.165, 1.54) is 23.5 Å². The average Bonchev–Trinajstić information content (AvgIpc) is 3.09. The highest BCUT2D eigenvalue weighted by Crippen LogP contribution is 2.29. The number of hydrogen-bond donors (Lipinski definition) is 1. The minimum atomic E-state index is -0.440. The molecule has 1 amide bonds. The van der Waals surface area contributed by atoms with Crippen LogP contribution >= 0.6 is 11.3 Å². The third kappa shape index (κ3) is 5.05. The van der Waals surface area contributed by atoms with Gasteiger partial charge < -0.3 is 15.0 Å². The fourth-order valence-electron chi connectivity index (χ4n) is 2.62. The first-order valence-electron chi connectivity index (χ1n) is 8.75. The molecule has 0 atom stereocenters. The number of nitrogens with zero attached hydrogens (tertiary/aromatic N) is 2. The van der Waals surface area contributed by atoms with Gasteiger partial charge in [-0.2, -0.15) is 0 Å². The van der Waals surface area contributed by atoms with E-state index in [4.69, 9.17) is 4.74 Å². The maximum absolute atomic E-state index is 12.5. The number of fused-ring (bicyclic) bond motifs is 1. The summed E-state index contributed by atoms with van der Waals surface area (Å²) >= 11 is 1.31. The molecule has 0 saturated carbocycles. The predicted octanol–water partition coefficient (Wildman–Crippen LogP) is 3.68. The van der Waals surface area contributed by atoms with Crippen LogP contribution in [0.4, 0.5) is 5.69 Å². The molecule has 0 aliphatic heterocycles. The number of rotatable bonds is 8. The summed E-state index contributed by atoms with van der Waals surface area (Å²) in [5.74, 6) is 0.561. The van der Waals surface area contributed by atoms with E-state index in [2.05, 4.69) is 5.32 Å². The zero-order valence-electron chi connectivity index (χ0n) is 15.7. The molecule has 0 bridgehead atoms. The molecule has 0 radical (unpaired) electrons. The second kappa shape index (κ2) is 8.81. The second-order valence-corrected chi connectivity index (χ2v) is 7.66. The third-order valence-electron chi connectivity index (χ3n) is 4.09. The number of thiophene rings is 1. The first-order chi connectivity index (χ1) is 13.4. The quantitative estimate of drug-likeness (QED) is 0.461. The fourth-order valence-corrected chi connectivity index (χ4v) is 3.58. The zero-order valence-corrected chi connectivity index (χ0v) is 16.5. The number of nitrogens with one attached hydrogen (secondary N) is 1.